The van der Waals surface area contributed by atoms with Crippen LogP contribution >= 0.6 is 11.3 Å². The molecule has 1 fully saturated rings. The van der Waals surface area contributed by atoms with Crippen molar-refractivity contribution in [1.82, 2.24) is 10.2 Å². The smallest absolute Gasteiger partial charge is 0.319 e. The molecule has 3 amide bonds. The number of benzene rings is 1. The van der Waals surface area contributed by atoms with E-state index in [1.807, 2.05) is 22.4 Å². The van der Waals surface area contributed by atoms with Crippen LogP contribution in [0.2, 0.25) is 0 Å². The molecule has 0 aliphatic carbocycles. The van der Waals surface area contributed by atoms with Crippen LogP contribution in [0.1, 0.15) is 22.5 Å². The predicted octanol–water partition coefficient (Wildman–Crippen LogP) is 3.56. The summed E-state index contributed by atoms with van der Waals surface area (Å²) in [6, 6.07) is 9.10. The minimum absolute atomic E-state index is 0.0592. The molecule has 1 atom stereocenters. The largest absolute Gasteiger partial charge is 0.338 e. The summed E-state index contributed by atoms with van der Waals surface area (Å²) in [6.45, 7) is 1.87. The van der Waals surface area contributed by atoms with Crippen molar-refractivity contribution in [2.24, 2.45) is 5.92 Å². The van der Waals surface area contributed by atoms with Crippen molar-refractivity contribution in [2.45, 2.75) is 12.8 Å². The summed E-state index contributed by atoms with van der Waals surface area (Å²) in [5.74, 6) is -0.118. The number of thiophene rings is 1. The summed E-state index contributed by atoms with van der Waals surface area (Å²) >= 11 is 1.44. The zero-order valence-corrected chi connectivity index (χ0v) is 14.5. The summed E-state index contributed by atoms with van der Waals surface area (Å²) in [4.78, 5) is 27.0. The van der Waals surface area contributed by atoms with E-state index in [-0.39, 0.29) is 17.9 Å². The molecule has 1 aliphatic heterocycles. The number of anilines is 1. The van der Waals surface area contributed by atoms with E-state index in [9.17, 15) is 14.0 Å². The first kappa shape index (κ1) is 17.4. The Kier molecular flexibility index (Phi) is 5.65. The molecule has 1 unspecified atom stereocenters. The Bertz CT molecular complexity index is 736. The van der Waals surface area contributed by atoms with Crippen molar-refractivity contribution >= 4 is 29.0 Å². The van der Waals surface area contributed by atoms with Crippen LogP contribution in [-0.2, 0) is 0 Å². The first-order valence-electron chi connectivity index (χ1n) is 8.25. The van der Waals surface area contributed by atoms with Gasteiger partial charge in [0, 0.05) is 25.3 Å². The van der Waals surface area contributed by atoms with Gasteiger partial charge in [0.25, 0.3) is 5.91 Å². The molecule has 0 bridgehead atoms. The fraction of sp³-hybridized carbons (Fsp3) is 0.333. The topological polar surface area (TPSA) is 61.4 Å². The standard InChI is InChI=1S/C18H20FN3O2S/c19-14-5-1-6-15(10-14)21-18(24)20-11-13-4-2-8-22(12-13)17(23)16-7-3-9-25-16/h1,3,5-7,9-10,13H,2,4,8,11-12H2,(H2,20,21,24). The Balaban J connectivity index is 1.48. The first-order valence-corrected chi connectivity index (χ1v) is 9.13. The third-order valence-electron chi connectivity index (χ3n) is 4.17. The summed E-state index contributed by atoms with van der Waals surface area (Å²) in [5.41, 5.74) is 0.413. The highest BCUT2D eigenvalue weighted by Gasteiger charge is 2.25. The third kappa shape index (κ3) is 4.79. The number of hydrogen-bond donors (Lipinski definition) is 2. The molecule has 2 N–H and O–H groups in total. The lowest BCUT2D eigenvalue weighted by atomic mass is 9.98. The number of urea groups is 1. The van der Waals surface area contributed by atoms with Crippen LogP contribution in [0.5, 0.6) is 0 Å². The van der Waals surface area contributed by atoms with Crippen LogP contribution in [0.15, 0.2) is 41.8 Å². The molecule has 25 heavy (non-hydrogen) atoms. The number of nitrogens with one attached hydrogen (secondary N) is 2. The highest BCUT2D eigenvalue weighted by Crippen LogP contribution is 2.20. The molecule has 1 aliphatic rings. The van der Waals surface area contributed by atoms with E-state index < -0.39 is 5.82 Å². The summed E-state index contributed by atoms with van der Waals surface area (Å²) in [7, 11) is 0. The molecule has 7 heteroatoms. The van der Waals surface area contributed by atoms with Gasteiger partial charge in [0.1, 0.15) is 5.82 Å². The van der Waals surface area contributed by atoms with Gasteiger partial charge < -0.3 is 15.5 Å². The monoisotopic (exact) mass is 361 g/mol. The highest BCUT2D eigenvalue weighted by molar-refractivity contribution is 7.12. The van der Waals surface area contributed by atoms with Crippen molar-refractivity contribution < 1.29 is 14.0 Å². The van der Waals surface area contributed by atoms with Gasteiger partial charge in [0.15, 0.2) is 0 Å². The number of carbonyl (C=O) groups excluding carboxylic acids is 2. The third-order valence-corrected chi connectivity index (χ3v) is 5.03. The van der Waals surface area contributed by atoms with Gasteiger partial charge in [-0.2, -0.15) is 0 Å². The van der Waals surface area contributed by atoms with Crippen molar-refractivity contribution in [3.05, 3.63) is 52.5 Å². The van der Waals surface area contributed by atoms with Gasteiger partial charge in [-0.25, -0.2) is 9.18 Å². The molecule has 132 valence electrons. The number of amides is 3. The van der Waals surface area contributed by atoms with Crippen LogP contribution in [0.25, 0.3) is 0 Å². The second-order valence-corrected chi connectivity index (χ2v) is 7.03. The summed E-state index contributed by atoms with van der Waals surface area (Å²) in [6.07, 6.45) is 1.89. The van der Waals surface area contributed by atoms with Gasteiger partial charge in [-0.3, -0.25) is 4.79 Å². The number of piperidine rings is 1. The minimum atomic E-state index is -0.396. The molecule has 0 saturated carbocycles. The average molecular weight is 361 g/mol. The summed E-state index contributed by atoms with van der Waals surface area (Å²) < 4.78 is 13.1. The molecule has 1 aromatic heterocycles. The zero-order chi connectivity index (χ0) is 17.6. The summed E-state index contributed by atoms with van der Waals surface area (Å²) in [5, 5.41) is 7.31. The Morgan fingerprint density at radius 3 is 2.92 bits per heavy atom. The van der Waals surface area contributed by atoms with Crippen molar-refractivity contribution in [1.29, 1.82) is 0 Å². The maximum Gasteiger partial charge on any atom is 0.319 e. The lowest BCUT2D eigenvalue weighted by molar-refractivity contribution is 0.0680. The van der Waals surface area contributed by atoms with Gasteiger partial charge >= 0.3 is 6.03 Å². The van der Waals surface area contributed by atoms with Gasteiger partial charge in [-0.05, 0) is 48.4 Å². The van der Waals surface area contributed by atoms with Gasteiger partial charge in [-0.15, -0.1) is 11.3 Å². The van der Waals surface area contributed by atoms with E-state index in [2.05, 4.69) is 10.6 Å². The van der Waals surface area contributed by atoms with Crippen LogP contribution in [0.3, 0.4) is 0 Å². The SMILES string of the molecule is O=C(NCC1CCCN(C(=O)c2cccs2)C1)Nc1cccc(F)c1. The Hall–Kier alpha value is -2.41. The van der Waals surface area contributed by atoms with Crippen LogP contribution in [0.4, 0.5) is 14.9 Å². The molecular weight excluding hydrogens is 341 g/mol. The average Bonchev–Trinajstić information content (AvgIpc) is 3.14. The number of rotatable bonds is 4. The number of carbonyl (C=O) groups is 2. The van der Waals surface area contributed by atoms with Crippen molar-refractivity contribution in [2.75, 3.05) is 25.0 Å². The molecule has 2 heterocycles. The van der Waals surface area contributed by atoms with E-state index in [4.69, 9.17) is 0 Å². The van der Waals surface area contributed by atoms with Crippen molar-refractivity contribution in [3.8, 4) is 0 Å². The molecule has 3 rings (SSSR count). The number of nitrogens with zero attached hydrogens (tertiary/aromatic N) is 1. The lowest BCUT2D eigenvalue weighted by Crippen LogP contribution is -2.44. The Morgan fingerprint density at radius 1 is 1.28 bits per heavy atom. The molecule has 1 saturated heterocycles. The van der Waals surface area contributed by atoms with E-state index in [1.165, 1.54) is 23.5 Å². The molecule has 5 nitrogen and oxygen atoms in total. The Labute approximate surface area is 149 Å². The van der Waals surface area contributed by atoms with Crippen molar-refractivity contribution in [3.63, 3.8) is 0 Å². The first-order chi connectivity index (χ1) is 12.1. The second-order valence-electron chi connectivity index (χ2n) is 6.08. The zero-order valence-electron chi connectivity index (χ0n) is 13.7. The molecule has 0 spiro atoms. The minimum Gasteiger partial charge on any atom is -0.338 e. The molecular formula is C18H20FN3O2S. The Morgan fingerprint density at radius 2 is 2.16 bits per heavy atom. The predicted molar refractivity (Wildman–Crippen MR) is 96.4 cm³/mol. The van der Waals surface area contributed by atoms with Crippen LogP contribution < -0.4 is 10.6 Å². The molecule has 0 radical (unpaired) electrons. The maximum atomic E-state index is 13.1. The van der Waals surface area contributed by atoms with E-state index >= 15 is 0 Å². The fourth-order valence-corrected chi connectivity index (χ4v) is 3.64. The molecule has 2 aromatic rings. The van der Waals surface area contributed by atoms with Crippen LogP contribution in [0, 0.1) is 11.7 Å². The van der Waals surface area contributed by atoms with Gasteiger partial charge in [-0.1, -0.05) is 12.1 Å². The molecule has 1 aromatic carbocycles. The van der Waals surface area contributed by atoms with E-state index in [0.717, 1.165) is 24.3 Å². The maximum absolute atomic E-state index is 13.1. The van der Waals surface area contributed by atoms with Gasteiger partial charge in [0.05, 0.1) is 4.88 Å². The number of halogens is 1. The fourth-order valence-electron chi connectivity index (χ4n) is 2.95. The van der Waals surface area contributed by atoms with Crippen LogP contribution in [-0.4, -0.2) is 36.5 Å². The number of hydrogen-bond acceptors (Lipinski definition) is 3. The number of likely N-dealkylation sites (tertiary alicyclic amines) is 1. The van der Waals surface area contributed by atoms with E-state index in [0.29, 0.717) is 18.8 Å². The highest BCUT2D eigenvalue weighted by atomic mass is 32.1. The quantitative estimate of drug-likeness (QED) is 0.875. The lowest BCUT2D eigenvalue weighted by Gasteiger charge is -2.32. The van der Waals surface area contributed by atoms with E-state index in [1.54, 1.807) is 12.1 Å². The van der Waals surface area contributed by atoms with Gasteiger partial charge in [0.2, 0.25) is 0 Å². The normalized spacial score (nSPS) is 17.2. The second kappa shape index (κ2) is 8.11.